The minimum atomic E-state index is -2.81. The van der Waals surface area contributed by atoms with Crippen molar-refractivity contribution >= 4 is 38.0 Å². The first-order chi connectivity index (χ1) is 18.2. The highest BCUT2D eigenvalue weighted by atomic mass is 28.4. The van der Waals surface area contributed by atoms with E-state index in [1.807, 2.05) is 39.0 Å². The number of ether oxygens (including phenoxy) is 1. The van der Waals surface area contributed by atoms with Crippen LogP contribution in [0.15, 0.2) is 103 Å². The van der Waals surface area contributed by atoms with Gasteiger partial charge in [-0.3, -0.25) is 0 Å². The van der Waals surface area contributed by atoms with Crippen LogP contribution in [0.25, 0.3) is 0 Å². The van der Waals surface area contributed by atoms with E-state index in [0.717, 1.165) is 5.20 Å². The Balaban J connectivity index is 2.08. The van der Waals surface area contributed by atoms with Crippen molar-refractivity contribution < 1.29 is 14.0 Å². The van der Waals surface area contributed by atoms with Crippen LogP contribution in [0.4, 0.5) is 4.79 Å². The molecule has 1 amide bonds. The van der Waals surface area contributed by atoms with Gasteiger partial charge in [-0.15, -0.1) is 6.58 Å². The Morgan fingerprint density at radius 1 is 0.769 bits per heavy atom. The van der Waals surface area contributed by atoms with E-state index in [1.165, 1.54) is 15.6 Å². The van der Waals surface area contributed by atoms with Crippen LogP contribution < -0.4 is 20.9 Å². The van der Waals surface area contributed by atoms with Gasteiger partial charge in [0.15, 0.2) is 0 Å². The molecular weight excluding hydrogens is 515 g/mol. The van der Waals surface area contributed by atoms with Crippen LogP contribution in [-0.4, -0.2) is 40.7 Å². The molecule has 0 radical (unpaired) electrons. The molecule has 3 aromatic carbocycles. The Bertz CT molecular complexity index is 1190. The second-order valence-electron chi connectivity index (χ2n) is 12.7. The molecule has 6 heteroatoms. The molecule has 0 heterocycles. The van der Waals surface area contributed by atoms with E-state index in [4.69, 9.17) is 9.16 Å². The largest absolute Gasteiger partial charge is 0.444 e. The first-order valence-electron chi connectivity index (χ1n) is 13.7. The maximum atomic E-state index is 13.1. The summed E-state index contributed by atoms with van der Waals surface area (Å²) < 4.78 is 12.9. The molecule has 0 fully saturated rings. The summed E-state index contributed by atoms with van der Waals surface area (Å²) in [6.07, 6.45) is -0.461. The minimum absolute atomic E-state index is 0.181. The molecule has 3 aromatic rings. The van der Waals surface area contributed by atoms with Crippen LogP contribution in [0.3, 0.4) is 0 Å². The third-order valence-electron chi connectivity index (χ3n) is 7.29. The topological polar surface area (TPSA) is 47.6 Å². The molecule has 39 heavy (non-hydrogen) atoms. The monoisotopic (exact) mass is 559 g/mol. The minimum Gasteiger partial charge on any atom is -0.444 e. The highest BCUT2D eigenvalue weighted by Crippen LogP contribution is 2.37. The predicted octanol–water partition coefficient (Wildman–Crippen LogP) is 6.17. The van der Waals surface area contributed by atoms with Gasteiger partial charge in [0.25, 0.3) is 8.32 Å². The molecule has 0 saturated heterocycles. The quantitative estimate of drug-likeness (QED) is 0.319. The van der Waals surface area contributed by atoms with Crippen LogP contribution in [0.2, 0.25) is 18.1 Å². The molecule has 4 nitrogen and oxygen atoms in total. The van der Waals surface area contributed by atoms with Gasteiger partial charge in [0.2, 0.25) is 0 Å². The van der Waals surface area contributed by atoms with Gasteiger partial charge in [0.05, 0.1) is 12.6 Å². The van der Waals surface area contributed by atoms with Crippen molar-refractivity contribution in [1.82, 2.24) is 5.32 Å². The average Bonchev–Trinajstić information content (AvgIpc) is 2.88. The molecule has 0 bridgehead atoms. The molecule has 3 rings (SSSR count). The van der Waals surface area contributed by atoms with Crippen molar-refractivity contribution in [2.75, 3.05) is 6.61 Å². The third-order valence-corrected chi connectivity index (χ3v) is 16.0. The van der Waals surface area contributed by atoms with Gasteiger partial charge in [0.1, 0.15) is 13.7 Å². The highest BCUT2D eigenvalue weighted by Gasteiger charge is 2.50. The number of hydrogen-bond acceptors (Lipinski definition) is 3. The molecule has 0 unspecified atom stereocenters. The van der Waals surface area contributed by atoms with Gasteiger partial charge in [0, 0.05) is 0 Å². The summed E-state index contributed by atoms with van der Waals surface area (Å²) >= 11 is 0. The van der Waals surface area contributed by atoms with Crippen molar-refractivity contribution in [1.29, 1.82) is 0 Å². The molecular formula is C33H45NO3Si2. The third kappa shape index (κ3) is 7.18. The van der Waals surface area contributed by atoms with Crippen LogP contribution in [-0.2, 0) is 9.16 Å². The van der Waals surface area contributed by atoms with Gasteiger partial charge in [-0.1, -0.05) is 135 Å². The lowest BCUT2D eigenvalue weighted by Gasteiger charge is -2.44. The number of alkyl carbamates (subject to hydrolysis) is 1. The number of benzene rings is 3. The molecule has 0 saturated carbocycles. The zero-order chi connectivity index (χ0) is 28.9. The molecule has 0 aliphatic rings. The molecule has 0 spiro atoms. The molecule has 0 aliphatic heterocycles. The lowest BCUT2D eigenvalue weighted by Crippen LogP contribution is -2.67. The van der Waals surface area contributed by atoms with Crippen molar-refractivity contribution in [3.8, 4) is 0 Å². The van der Waals surface area contributed by atoms with Gasteiger partial charge in [-0.2, -0.15) is 0 Å². The Hall–Kier alpha value is -2.94. The summed E-state index contributed by atoms with van der Waals surface area (Å²) in [6.45, 7) is 21.8. The summed E-state index contributed by atoms with van der Waals surface area (Å²) in [7, 11) is -5.01. The fourth-order valence-electron chi connectivity index (χ4n) is 5.12. The Kier molecular flexibility index (Phi) is 9.47. The fourth-order valence-corrected chi connectivity index (χ4v) is 12.1. The SMILES string of the molecule is C=C([C@H](CO[Si](c1ccccc1)(c1ccccc1)C(C)(C)C)NC(=O)OC(C)(C)C)[Si](C)(C)c1ccccc1. The predicted molar refractivity (Wildman–Crippen MR) is 169 cm³/mol. The standard InChI is InChI=1S/C33H45NO3Si2/c1-26(38(8,9)27-19-13-10-14-20-27)30(34-31(35)37-32(2,3)4)25-36-39(33(5,6)7,28-21-15-11-16-22-28)29-23-17-12-18-24-29/h10-24,30H,1,25H2,2-9H3,(H,34,35)/t30-/m0/s1. The molecule has 1 atom stereocenters. The lowest BCUT2D eigenvalue weighted by molar-refractivity contribution is 0.0499. The fraction of sp³-hybridized carbons (Fsp3) is 0.364. The molecule has 0 aromatic heterocycles. The average molecular weight is 560 g/mol. The van der Waals surface area contributed by atoms with E-state index in [0.29, 0.717) is 6.61 Å². The normalized spacial score (nSPS) is 13.4. The number of rotatable bonds is 9. The second kappa shape index (κ2) is 12.1. The Labute approximate surface area is 237 Å². The van der Waals surface area contributed by atoms with E-state index in [-0.39, 0.29) is 5.04 Å². The summed E-state index contributed by atoms with van der Waals surface area (Å²) in [4.78, 5) is 13.1. The zero-order valence-electron chi connectivity index (χ0n) is 24.9. The highest BCUT2D eigenvalue weighted by molar-refractivity contribution is 6.99. The lowest BCUT2D eigenvalue weighted by atomic mass is 10.2. The van der Waals surface area contributed by atoms with E-state index in [9.17, 15) is 4.79 Å². The first-order valence-corrected chi connectivity index (χ1v) is 18.6. The van der Waals surface area contributed by atoms with Crippen molar-refractivity contribution in [2.45, 2.75) is 71.3 Å². The van der Waals surface area contributed by atoms with Gasteiger partial charge in [-0.25, -0.2) is 4.79 Å². The number of carbonyl (C=O) groups excluding carboxylic acids is 1. The zero-order valence-corrected chi connectivity index (χ0v) is 26.9. The molecule has 0 aliphatic carbocycles. The Morgan fingerprint density at radius 2 is 1.18 bits per heavy atom. The Morgan fingerprint density at radius 3 is 1.56 bits per heavy atom. The van der Waals surface area contributed by atoms with E-state index < -0.39 is 34.1 Å². The van der Waals surface area contributed by atoms with Gasteiger partial charge < -0.3 is 14.5 Å². The summed E-state index contributed by atoms with van der Waals surface area (Å²) in [5.74, 6) is 0. The summed E-state index contributed by atoms with van der Waals surface area (Å²) in [6, 6.07) is 31.2. The van der Waals surface area contributed by atoms with Crippen molar-refractivity contribution in [2.24, 2.45) is 0 Å². The smallest absolute Gasteiger partial charge is 0.408 e. The number of nitrogens with one attached hydrogen (secondary N) is 1. The van der Waals surface area contributed by atoms with E-state index >= 15 is 0 Å². The number of carbonyl (C=O) groups is 1. The summed E-state index contributed by atoms with van der Waals surface area (Å²) in [5, 5.41) is 7.62. The second-order valence-corrected chi connectivity index (χ2v) is 21.5. The molecule has 1 N–H and O–H groups in total. The maximum Gasteiger partial charge on any atom is 0.408 e. The van der Waals surface area contributed by atoms with E-state index in [1.54, 1.807) is 0 Å². The summed E-state index contributed by atoms with van der Waals surface area (Å²) in [5.41, 5.74) is -0.610. The van der Waals surface area contributed by atoms with Gasteiger partial charge in [-0.05, 0) is 36.2 Å². The van der Waals surface area contributed by atoms with Crippen LogP contribution >= 0.6 is 0 Å². The van der Waals surface area contributed by atoms with Crippen LogP contribution in [0.1, 0.15) is 41.5 Å². The van der Waals surface area contributed by atoms with Crippen LogP contribution in [0.5, 0.6) is 0 Å². The number of hydrogen-bond donors (Lipinski definition) is 1. The van der Waals surface area contributed by atoms with E-state index in [2.05, 4.69) is 119 Å². The van der Waals surface area contributed by atoms with Gasteiger partial charge >= 0.3 is 6.09 Å². The maximum absolute atomic E-state index is 13.1. The van der Waals surface area contributed by atoms with Crippen molar-refractivity contribution in [3.05, 3.63) is 103 Å². The van der Waals surface area contributed by atoms with Crippen molar-refractivity contribution in [3.63, 3.8) is 0 Å². The number of amides is 1. The first kappa shape index (κ1) is 30.6. The molecule has 208 valence electrons. The van der Waals surface area contributed by atoms with Crippen LogP contribution in [0, 0.1) is 0 Å².